The maximum Gasteiger partial charge on any atom is 0.308 e. The van der Waals surface area contributed by atoms with Gasteiger partial charge in [0.25, 0.3) is 0 Å². The summed E-state index contributed by atoms with van der Waals surface area (Å²) < 4.78 is 2.43. The third-order valence-electron chi connectivity index (χ3n) is 1.94. The highest BCUT2D eigenvalue weighted by Gasteiger charge is 2.08. The van der Waals surface area contributed by atoms with Crippen LogP contribution in [0.3, 0.4) is 0 Å². The third kappa shape index (κ3) is 2.04. The molecule has 78 valence electrons. The van der Waals surface area contributed by atoms with Crippen molar-refractivity contribution in [3.05, 3.63) is 32.9 Å². The lowest BCUT2D eigenvalue weighted by Crippen LogP contribution is -2.22. The molecule has 0 radical (unpaired) electrons. The van der Waals surface area contributed by atoms with Crippen molar-refractivity contribution < 1.29 is 0 Å². The number of benzene rings is 1. The van der Waals surface area contributed by atoms with Gasteiger partial charge in [0.1, 0.15) is 0 Å². The Morgan fingerprint density at radius 1 is 1.60 bits per heavy atom. The summed E-state index contributed by atoms with van der Waals surface area (Å²) in [6, 6.07) is 5.32. The van der Waals surface area contributed by atoms with Crippen LogP contribution in [0.1, 0.15) is 0 Å². The molecule has 0 bridgehead atoms. The molecule has 1 heterocycles. The van der Waals surface area contributed by atoms with E-state index in [0.717, 1.165) is 21.6 Å². The Hall–Kier alpha value is -0.910. The molecule has 0 aliphatic rings. The van der Waals surface area contributed by atoms with Crippen LogP contribution in [0.2, 0.25) is 5.02 Å². The fraction of sp³-hybridized carbons (Fsp3) is 0.111. The van der Waals surface area contributed by atoms with Crippen molar-refractivity contribution in [1.82, 2.24) is 4.57 Å². The molecule has 2 rings (SSSR count). The Balaban J connectivity index is 2.70. The Morgan fingerprint density at radius 3 is 3.00 bits per heavy atom. The number of thiazole rings is 1. The highest BCUT2D eigenvalue weighted by atomic mass is 35.5. The van der Waals surface area contributed by atoms with Crippen molar-refractivity contribution in [3.63, 3.8) is 0 Å². The number of nitrogens with two attached hydrogens (primary N) is 1. The van der Waals surface area contributed by atoms with Gasteiger partial charge in [-0.2, -0.15) is 0 Å². The van der Waals surface area contributed by atoms with Crippen molar-refractivity contribution in [1.29, 1.82) is 0 Å². The van der Waals surface area contributed by atoms with E-state index in [9.17, 15) is 4.79 Å². The second-order valence-electron chi connectivity index (χ2n) is 3.03. The van der Waals surface area contributed by atoms with E-state index in [1.165, 1.54) is 4.57 Å². The van der Waals surface area contributed by atoms with Gasteiger partial charge in [0.05, 0.1) is 21.7 Å². The van der Waals surface area contributed by atoms with E-state index in [1.807, 2.05) is 6.07 Å². The monoisotopic (exact) mass is 258 g/mol. The molecule has 1 aromatic heterocycles. The maximum absolute atomic E-state index is 11.6. The van der Waals surface area contributed by atoms with E-state index >= 15 is 0 Å². The number of rotatable bonds is 2. The van der Waals surface area contributed by atoms with Gasteiger partial charge in [-0.05, 0) is 18.2 Å². The number of aromatic nitrogens is 1. The quantitative estimate of drug-likeness (QED) is 0.839. The second-order valence-corrected chi connectivity index (χ2v) is 4.99. The number of halogens is 1. The fourth-order valence-electron chi connectivity index (χ4n) is 1.34. The molecule has 1 aromatic carbocycles. The molecular formula is C9H7ClN2OS2. The average molecular weight is 259 g/mol. The first-order valence-electron chi connectivity index (χ1n) is 4.15. The molecule has 0 fully saturated rings. The first kappa shape index (κ1) is 10.6. The van der Waals surface area contributed by atoms with Gasteiger partial charge in [0.2, 0.25) is 0 Å². The van der Waals surface area contributed by atoms with Gasteiger partial charge in [-0.3, -0.25) is 9.36 Å². The van der Waals surface area contributed by atoms with Crippen molar-refractivity contribution in [3.8, 4) is 0 Å². The molecule has 2 N–H and O–H groups in total. The van der Waals surface area contributed by atoms with Crippen LogP contribution >= 0.6 is 35.2 Å². The number of fused-ring (bicyclic) bond motifs is 1. The first-order chi connectivity index (χ1) is 7.08. The van der Waals surface area contributed by atoms with Crippen LogP contribution in [-0.4, -0.2) is 9.56 Å². The largest absolute Gasteiger partial charge is 0.392 e. The summed E-state index contributed by atoms with van der Waals surface area (Å²) in [6.45, 7) is 0.258. The zero-order valence-electron chi connectivity index (χ0n) is 7.57. The van der Waals surface area contributed by atoms with E-state index in [1.54, 1.807) is 12.1 Å². The minimum absolute atomic E-state index is 0.0694. The molecule has 0 spiro atoms. The van der Waals surface area contributed by atoms with Gasteiger partial charge in [-0.15, -0.1) is 0 Å². The minimum Gasteiger partial charge on any atom is -0.392 e. The van der Waals surface area contributed by atoms with Crippen LogP contribution < -0.4 is 10.6 Å². The Labute approximate surface area is 100 Å². The van der Waals surface area contributed by atoms with E-state index in [0.29, 0.717) is 5.02 Å². The molecule has 0 atom stereocenters. The van der Waals surface area contributed by atoms with Gasteiger partial charge < -0.3 is 5.73 Å². The third-order valence-corrected chi connectivity index (χ3v) is 3.27. The van der Waals surface area contributed by atoms with E-state index < -0.39 is 0 Å². The molecular weight excluding hydrogens is 252 g/mol. The molecule has 3 nitrogen and oxygen atoms in total. The lowest BCUT2D eigenvalue weighted by molar-refractivity contribution is 0.875. The SMILES string of the molecule is NC(=S)Cn1c(=O)sc2ccc(Cl)cc21. The van der Waals surface area contributed by atoms with Crippen LogP contribution in [0.25, 0.3) is 10.2 Å². The van der Waals surface area contributed by atoms with Crippen molar-refractivity contribution in [2.75, 3.05) is 0 Å². The molecule has 0 saturated heterocycles. The summed E-state index contributed by atoms with van der Waals surface area (Å²) in [4.78, 5) is 11.8. The Bertz CT molecular complexity index is 587. The maximum atomic E-state index is 11.6. The van der Waals surface area contributed by atoms with Crippen LogP contribution in [0.15, 0.2) is 23.0 Å². The fourth-order valence-corrected chi connectivity index (χ4v) is 2.51. The van der Waals surface area contributed by atoms with Crippen LogP contribution in [0.5, 0.6) is 0 Å². The lowest BCUT2D eigenvalue weighted by atomic mass is 10.3. The first-order valence-corrected chi connectivity index (χ1v) is 5.75. The Kier molecular flexibility index (Phi) is 2.77. The van der Waals surface area contributed by atoms with Gasteiger partial charge >= 0.3 is 4.87 Å². The normalized spacial score (nSPS) is 10.7. The lowest BCUT2D eigenvalue weighted by Gasteiger charge is -2.01. The highest BCUT2D eigenvalue weighted by Crippen LogP contribution is 2.21. The summed E-state index contributed by atoms with van der Waals surface area (Å²) in [7, 11) is 0. The van der Waals surface area contributed by atoms with Crippen molar-refractivity contribution in [2.24, 2.45) is 5.73 Å². The summed E-state index contributed by atoms with van der Waals surface area (Å²) in [5.41, 5.74) is 6.21. The van der Waals surface area contributed by atoms with Crippen LogP contribution in [-0.2, 0) is 6.54 Å². The standard InChI is InChI=1S/C9H7ClN2OS2/c10-5-1-2-7-6(3-5)12(4-8(11)14)9(13)15-7/h1-3H,4H2,(H2,11,14). The molecule has 0 aliphatic heterocycles. The molecule has 2 aromatic rings. The second kappa shape index (κ2) is 3.92. The van der Waals surface area contributed by atoms with E-state index in [-0.39, 0.29) is 16.4 Å². The average Bonchev–Trinajstić information content (AvgIpc) is 2.43. The van der Waals surface area contributed by atoms with E-state index in [4.69, 9.17) is 29.6 Å². The van der Waals surface area contributed by atoms with Crippen LogP contribution in [0, 0.1) is 0 Å². The van der Waals surface area contributed by atoms with Gasteiger partial charge in [0, 0.05) is 5.02 Å². The summed E-state index contributed by atoms with van der Waals surface area (Å²) in [6.07, 6.45) is 0. The smallest absolute Gasteiger partial charge is 0.308 e. The molecule has 0 amide bonds. The zero-order valence-corrected chi connectivity index (χ0v) is 9.96. The minimum atomic E-state index is -0.0694. The zero-order chi connectivity index (χ0) is 11.0. The number of hydrogen-bond donors (Lipinski definition) is 1. The summed E-state index contributed by atoms with van der Waals surface area (Å²) in [5, 5.41) is 0.594. The molecule has 0 saturated carbocycles. The molecule has 6 heteroatoms. The molecule has 15 heavy (non-hydrogen) atoms. The molecule has 0 aliphatic carbocycles. The van der Waals surface area contributed by atoms with Crippen LogP contribution in [0.4, 0.5) is 0 Å². The van der Waals surface area contributed by atoms with E-state index in [2.05, 4.69) is 0 Å². The molecule has 0 unspecified atom stereocenters. The van der Waals surface area contributed by atoms with Gasteiger partial charge in [0.15, 0.2) is 0 Å². The van der Waals surface area contributed by atoms with Crippen molar-refractivity contribution in [2.45, 2.75) is 6.54 Å². The predicted molar refractivity (Wildman–Crippen MR) is 67.9 cm³/mol. The summed E-state index contributed by atoms with van der Waals surface area (Å²) >= 11 is 11.8. The van der Waals surface area contributed by atoms with Gasteiger partial charge in [-0.1, -0.05) is 35.2 Å². The predicted octanol–water partition coefficient (Wildman–Crippen LogP) is 2.00. The number of thiocarbonyl (C=S) groups is 1. The topological polar surface area (TPSA) is 48.0 Å². The van der Waals surface area contributed by atoms with Crippen molar-refractivity contribution >= 4 is 50.4 Å². The number of nitrogens with zero attached hydrogens (tertiary/aromatic N) is 1. The van der Waals surface area contributed by atoms with Gasteiger partial charge in [-0.25, -0.2) is 0 Å². The summed E-state index contributed by atoms with van der Waals surface area (Å²) in [5.74, 6) is 0. The number of hydrogen-bond acceptors (Lipinski definition) is 3. The highest BCUT2D eigenvalue weighted by molar-refractivity contribution is 7.80. The Morgan fingerprint density at radius 2 is 2.33 bits per heavy atom.